The lowest BCUT2D eigenvalue weighted by molar-refractivity contribution is -0.192. The number of carboxylic acid groups (broad SMARTS) is 1. The summed E-state index contributed by atoms with van der Waals surface area (Å²) in [5.74, 6) is -2.63. The maximum absolute atomic E-state index is 12.2. The number of morpholine rings is 1. The smallest absolute Gasteiger partial charge is 0.475 e. The van der Waals surface area contributed by atoms with E-state index in [4.69, 9.17) is 19.4 Å². The predicted octanol–water partition coefficient (Wildman–Crippen LogP) is 2.15. The molecule has 4 rings (SSSR count). The quantitative estimate of drug-likeness (QED) is 0.712. The summed E-state index contributed by atoms with van der Waals surface area (Å²) in [6.45, 7) is 4.53. The molecule has 3 fully saturated rings. The van der Waals surface area contributed by atoms with Gasteiger partial charge in [-0.05, 0) is 25.7 Å². The second kappa shape index (κ2) is 10.7. The van der Waals surface area contributed by atoms with Crippen LogP contribution in [0.1, 0.15) is 30.7 Å². The molecule has 1 amide bonds. The molecule has 1 aliphatic carbocycles. The van der Waals surface area contributed by atoms with Crippen LogP contribution in [0.5, 0.6) is 0 Å². The average Bonchev–Trinajstić information content (AvgIpc) is 3.48. The summed E-state index contributed by atoms with van der Waals surface area (Å²) < 4.78 is 43.7. The number of aromatic nitrogens is 1. The Bertz CT molecular complexity index is 728. The van der Waals surface area contributed by atoms with E-state index in [2.05, 4.69) is 9.88 Å². The first-order valence-electron chi connectivity index (χ1n) is 10.2. The lowest BCUT2D eigenvalue weighted by Crippen LogP contribution is -2.51. The molecular weight excluding hydrogens is 439 g/mol. The van der Waals surface area contributed by atoms with Crippen molar-refractivity contribution in [3.05, 3.63) is 16.6 Å². The monoisotopic (exact) mass is 465 g/mol. The molecule has 3 heterocycles. The number of carbonyl (C=O) groups is 2. The molecule has 0 radical (unpaired) electrons. The molecule has 3 aliphatic rings. The zero-order chi connectivity index (χ0) is 22.4. The van der Waals surface area contributed by atoms with Gasteiger partial charge in [0.25, 0.3) is 0 Å². The molecule has 2 saturated heterocycles. The highest BCUT2D eigenvalue weighted by Crippen LogP contribution is 2.33. The molecule has 1 aromatic heterocycles. The Morgan fingerprint density at radius 3 is 2.58 bits per heavy atom. The fraction of sp³-hybridized carbons (Fsp3) is 0.737. The Morgan fingerprint density at radius 1 is 1.26 bits per heavy atom. The highest BCUT2D eigenvalue weighted by atomic mass is 32.1. The number of fused-ring (bicyclic) bond motifs is 1. The molecule has 2 aliphatic heterocycles. The normalized spacial score (nSPS) is 26.3. The molecule has 8 nitrogen and oxygen atoms in total. The summed E-state index contributed by atoms with van der Waals surface area (Å²) in [4.78, 5) is 29.9. The Morgan fingerprint density at radius 2 is 1.97 bits per heavy atom. The topological polar surface area (TPSA) is 92.2 Å². The third-order valence-corrected chi connectivity index (χ3v) is 6.36. The zero-order valence-corrected chi connectivity index (χ0v) is 17.7. The molecule has 1 saturated carbocycles. The lowest BCUT2D eigenvalue weighted by Gasteiger charge is -2.38. The first-order chi connectivity index (χ1) is 14.8. The number of likely N-dealkylation sites (tertiary alicyclic amines) is 1. The number of ether oxygens (including phenoxy) is 2. The summed E-state index contributed by atoms with van der Waals surface area (Å²) in [6.07, 6.45) is 1.19. The van der Waals surface area contributed by atoms with Crippen molar-refractivity contribution >= 4 is 23.2 Å². The van der Waals surface area contributed by atoms with Crippen LogP contribution in [-0.2, 0) is 25.6 Å². The van der Waals surface area contributed by atoms with Crippen LogP contribution >= 0.6 is 11.3 Å². The number of carbonyl (C=O) groups excluding carboxylic acids is 1. The highest BCUT2D eigenvalue weighted by Gasteiger charge is 2.43. The van der Waals surface area contributed by atoms with Gasteiger partial charge >= 0.3 is 12.1 Å². The molecule has 0 unspecified atom stereocenters. The fourth-order valence-corrected chi connectivity index (χ4v) is 4.75. The van der Waals surface area contributed by atoms with Gasteiger partial charge in [-0.1, -0.05) is 0 Å². The molecule has 174 valence electrons. The van der Waals surface area contributed by atoms with E-state index >= 15 is 0 Å². The van der Waals surface area contributed by atoms with Gasteiger partial charge in [0.1, 0.15) is 11.6 Å². The number of carboxylic acids is 1. The van der Waals surface area contributed by atoms with Crippen LogP contribution in [0.15, 0.2) is 11.6 Å². The summed E-state index contributed by atoms with van der Waals surface area (Å²) in [5, 5.41) is 10.3. The Balaban J connectivity index is 0.000000339. The van der Waals surface area contributed by atoms with Crippen LogP contribution in [0.3, 0.4) is 0 Å². The largest absolute Gasteiger partial charge is 0.490 e. The predicted molar refractivity (Wildman–Crippen MR) is 105 cm³/mol. The van der Waals surface area contributed by atoms with Crippen LogP contribution in [0, 0.1) is 0 Å². The number of rotatable bonds is 5. The van der Waals surface area contributed by atoms with Gasteiger partial charge in [-0.3, -0.25) is 9.69 Å². The first-order valence-corrected chi connectivity index (χ1v) is 11.1. The second-order valence-electron chi connectivity index (χ2n) is 7.62. The van der Waals surface area contributed by atoms with Crippen LogP contribution < -0.4 is 0 Å². The van der Waals surface area contributed by atoms with Crippen molar-refractivity contribution in [3.63, 3.8) is 0 Å². The summed E-state index contributed by atoms with van der Waals surface area (Å²) in [5.41, 5.74) is 0. The SMILES string of the molecule is O=C(CO[C@@H]1CC[C@H]2[C@H]1OCCN2Cc1nccs1)N1CCCC1.O=C(O)C(F)(F)F. The molecule has 1 N–H and O–H groups in total. The molecule has 0 bridgehead atoms. The van der Waals surface area contributed by atoms with Crippen LogP contribution in [0.2, 0.25) is 0 Å². The highest BCUT2D eigenvalue weighted by molar-refractivity contribution is 7.09. The van der Waals surface area contributed by atoms with E-state index in [-0.39, 0.29) is 24.7 Å². The van der Waals surface area contributed by atoms with Gasteiger partial charge in [0, 0.05) is 37.3 Å². The van der Waals surface area contributed by atoms with Crippen LogP contribution in [0.25, 0.3) is 0 Å². The summed E-state index contributed by atoms with van der Waals surface area (Å²) in [7, 11) is 0. The van der Waals surface area contributed by atoms with Crippen molar-refractivity contribution < 1.29 is 37.3 Å². The third-order valence-electron chi connectivity index (χ3n) is 5.59. The molecule has 1 aromatic rings. The number of thiazole rings is 1. The second-order valence-corrected chi connectivity index (χ2v) is 8.60. The van der Waals surface area contributed by atoms with E-state index in [0.717, 1.165) is 63.5 Å². The van der Waals surface area contributed by atoms with Gasteiger partial charge in [0.15, 0.2) is 0 Å². The van der Waals surface area contributed by atoms with Crippen molar-refractivity contribution in [2.45, 2.75) is 56.7 Å². The molecule has 12 heteroatoms. The Hall–Kier alpha value is -1.76. The standard InChI is InChI=1S/C17H25N3O3S.C2HF3O2/c21-16(19-6-1-2-7-19)12-23-14-4-3-13-17(14)22-9-8-20(13)11-15-18-5-10-24-15;3-2(4,5)1(6)7/h5,10,13-14,17H,1-4,6-9,11-12H2;(H,6,7)/t13-,14+,17+;/m0./s1. The number of nitrogens with zero attached hydrogens (tertiary/aromatic N) is 3. The maximum atomic E-state index is 12.2. The molecular formula is C19H26F3N3O5S. The van der Waals surface area contributed by atoms with Gasteiger partial charge < -0.3 is 19.5 Å². The van der Waals surface area contributed by atoms with E-state index in [1.807, 2.05) is 16.5 Å². The Labute approximate surface area is 181 Å². The van der Waals surface area contributed by atoms with Crippen LogP contribution in [-0.4, -0.2) is 89.0 Å². The number of hydrogen-bond donors (Lipinski definition) is 1. The van der Waals surface area contributed by atoms with E-state index in [9.17, 15) is 18.0 Å². The maximum Gasteiger partial charge on any atom is 0.490 e. The van der Waals surface area contributed by atoms with Crippen molar-refractivity contribution in [1.29, 1.82) is 0 Å². The van der Waals surface area contributed by atoms with Gasteiger partial charge in [0.2, 0.25) is 5.91 Å². The van der Waals surface area contributed by atoms with Gasteiger partial charge in [-0.2, -0.15) is 13.2 Å². The van der Waals surface area contributed by atoms with E-state index < -0.39 is 12.1 Å². The minimum Gasteiger partial charge on any atom is -0.475 e. The third kappa shape index (κ3) is 6.61. The van der Waals surface area contributed by atoms with E-state index in [1.165, 1.54) is 0 Å². The zero-order valence-electron chi connectivity index (χ0n) is 16.9. The van der Waals surface area contributed by atoms with Crippen molar-refractivity contribution in [1.82, 2.24) is 14.8 Å². The van der Waals surface area contributed by atoms with Crippen molar-refractivity contribution in [2.24, 2.45) is 0 Å². The number of hydrogen-bond acceptors (Lipinski definition) is 7. The van der Waals surface area contributed by atoms with Gasteiger partial charge in [0.05, 0.1) is 25.4 Å². The number of halogens is 3. The molecule has 31 heavy (non-hydrogen) atoms. The number of amides is 1. The number of aliphatic carboxylic acids is 1. The summed E-state index contributed by atoms with van der Waals surface area (Å²) in [6, 6.07) is 0.384. The lowest BCUT2D eigenvalue weighted by atomic mass is 10.1. The van der Waals surface area contributed by atoms with Crippen molar-refractivity contribution in [3.8, 4) is 0 Å². The van der Waals surface area contributed by atoms with Gasteiger partial charge in [-0.15, -0.1) is 11.3 Å². The Kier molecular flexibility index (Phi) is 8.25. The molecule has 3 atom stereocenters. The van der Waals surface area contributed by atoms with E-state index in [0.29, 0.717) is 6.04 Å². The fourth-order valence-electron chi connectivity index (χ4n) is 4.11. The molecule has 0 aromatic carbocycles. The minimum atomic E-state index is -5.08. The number of alkyl halides is 3. The average molecular weight is 465 g/mol. The van der Waals surface area contributed by atoms with Crippen molar-refractivity contribution in [2.75, 3.05) is 32.8 Å². The van der Waals surface area contributed by atoms with Gasteiger partial charge in [-0.25, -0.2) is 9.78 Å². The first kappa shape index (κ1) is 23.9. The molecule has 0 spiro atoms. The minimum absolute atomic E-state index is 0.0423. The van der Waals surface area contributed by atoms with E-state index in [1.54, 1.807) is 11.3 Å². The van der Waals surface area contributed by atoms with Crippen LogP contribution in [0.4, 0.5) is 13.2 Å². The summed E-state index contributed by atoms with van der Waals surface area (Å²) >= 11 is 1.70.